The Morgan fingerprint density at radius 2 is 2.28 bits per heavy atom. The zero-order chi connectivity index (χ0) is 13.0. The van der Waals surface area contributed by atoms with Crippen molar-refractivity contribution in [3.05, 3.63) is 23.5 Å². The van der Waals surface area contributed by atoms with Gasteiger partial charge in [0.25, 0.3) is 0 Å². The minimum Gasteiger partial charge on any atom is -0.383 e. The summed E-state index contributed by atoms with van der Waals surface area (Å²) in [7, 11) is 3.73. The first-order valence-corrected chi connectivity index (χ1v) is 6.62. The van der Waals surface area contributed by atoms with Crippen molar-refractivity contribution in [3.8, 4) is 0 Å². The zero-order valence-electron chi connectivity index (χ0n) is 11.6. The highest BCUT2D eigenvalue weighted by Crippen LogP contribution is 2.33. The molecule has 1 aromatic rings. The fourth-order valence-corrected chi connectivity index (χ4v) is 2.24. The van der Waals surface area contributed by atoms with Gasteiger partial charge in [0.2, 0.25) is 0 Å². The van der Waals surface area contributed by atoms with E-state index in [2.05, 4.69) is 21.3 Å². The molecule has 0 amide bonds. The molecule has 0 aliphatic heterocycles. The molecule has 4 nitrogen and oxygen atoms in total. The van der Waals surface area contributed by atoms with Crippen molar-refractivity contribution in [1.29, 1.82) is 0 Å². The Bertz CT molecular complexity index is 391. The van der Waals surface area contributed by atoms with E-state index < -0.39 is 0 Å². The van der Waals surface area contributed by atoms with Gasteiger partial charge in [0, 0.05) is 49.4 Å². The van der Waals surface area contributed by atoms with Crippen molar-refractivity contribution in [2.24, 2.45) is 0 Å². The van der Waals surface area contributed by atoms with Crippen LogP contribution in [-0.2, 0) is 11.3 Å². The van der Waals surface area contributed by atoms with Crippen LogP contribution in [0, 0.1) is 6.92 Å². The summed E-state index contributed by atoms with van der Waals surface area (Å²) >= 11 is 0. The molecule has 100 valence electrons. The second-order valence-electron chi connectivity index (χ2n) is 4.90. The van der Waals surface area contributed by atoms with Gasteiger partial charge < -0.3 is 15.0 Å². The van der Waals surface area contributed by atoms with Gasteiger partial charge in [-0.3, -0.25) is 4.98 Å². The monoisotopic (exact) mass is 249 g/mol. The van der Waals surface area contributed by atoms with Crippen LogP contribution in [-0.4, -0.2) is 38.3 Å². The Balaban J connectivity index is 2.23. The number of methoxy groups -OCH3 is 1. The normalized spacial score (nSPS) is 14.8. The van der Waals surface area contributed by atoms with Crippen LogP contribution >= 0.6 is 0 Å². The molecule has 0 spiro atoms. The van der Waals surface area contributed by atoms with Crippen LogP contribution < -0.4 is 10.2 Å². The quantitative estimate of drug-likeness (QED) is 0.798. The molecule has 0 bridgehead atoms. The van der Waals surface area contributed by atoms with Crippen molar-refractivity contribution >= 4 is 5.69 Å². The molecule has 0 aromatic carbocycles. The van der Waals surface area contributed by atoms with Crippen LogP contribution in [0.15, 0.2) is 12.3 Å². The van der Waals surface area contributed by atoms with Gasteiger partial charge in [-0.05, 0) is 32.9 Å². The van der Waals surface area contributed by atoms with Crippen LogP contribution in [0.5, 0.6) is 0 Å². The maximum absolute atomic E-state index is 5.23. The number of hydrogen-bond donors (Lipinski definition) is 1. The fourth-order valence-electron chi connectivity index (χ4n) is 2.24. The van der Waals surface area contributed by atoms with E-state index in [1.165, 1.54) is 24.1 Å². The van der Waals surface area contributed by atoms with Gasteiger partial charge in [0.05, 0.1) is 6.61 Å². The lowest BCUT2D eigenvalue weighted by Gasteiger charge is -2.27. The number of nitrogens with zero attached hydrogens (tertiary/aromatic N) is 2. The molecule has 0 radical (unpaired) electrons. The number of nitrogens with one attached hydrogen (secondary N) is 1. The van der Waals surface area contributed by atoms with Crippen molar-refractivity contribution in [1.82, 2.24) is 10.3 Å². The molecule has 1 N–H and O–H groups in total. The number of pyridine rings is 1. The molecular weight excluding hydrogens is 226 g/mol. The second-order valence-corrected chi connectivity index (χ2v) is 4.90. The average Bonchev–Trinajstić information content (AvgIpc) is 3.17. The highest BCUT2D eigenvalue weighted by atomic mass is 16.5. The highest BCUT2D eigenvalue weighted by Gasteiger charge is 2.30. The van der Waals surface area contributed by atoms with Gasteiger partial charge in [0.15, 0.2) is 0 Å². The highest BCUT2D eigenvalue weighted by molar-refractivity contribution is 5.55. The Labute approximate surface area is 109 Å². The first-order chi connectivity index (χ1) is 8.76. The lowest BCUT2D eigenvalue weighted by Crippen LogP contribution is -2.31. The molecule has 1 aliphatic carbocycles. The lowest BCUT2D eigenvalue weighted by atomic mass is 10.1. The third kappa shape index (κ3) is 3.21. The maximum Gasteiger partial charge on any atom is 0.0637 e. The summed E-state index contributed by atoms with van der Waals surface area (Å²) < 4.78 is 5.23. The lowest BCUT2D eigenvalue weighted by molar-refractivity contribution is 0.205. The Hall–Kier alpha value is -1.13. The third-order valence-corrected chi connectivity index (χ3v) is 3.30. The van der Waals surface area contributed by atoms with Gasteiger partial charge in [-0.25, -0.2) is 0 Å². The van der Waals surface area contributed by atoms with E-state index in [9.17, 15) is 0 Å². The Morgan fingerprint density at radius 1 is 1.50 bits per heavy atom. The molecule has 2 rings (SSSR count). The van der Waals surface area contributed by atoms with E-state index in [-0.39, 0.29) is 0 Å². The topological polar surface area (TPSA) is 37.4 Å². The number of hydrogen-bond acceptors (Lipinski definition) is 4. The number of aromatic nitrogens is 1. The van der Waals surface area contributed by atoms with Crippen LogP contribution in [0.4, 0.5) is 5.69 Å². The maximum atomic E-state index is 5.23. The van der Waals surface area contributed by atoms with Crippen molar-refractivity contribution < 1.29 is 4.74 Å². The smallest absolute Gasteiger partial charge is 0.0637 e. The second kappa shape index (κ2) is 6.16. The van der Waals surface area contributed by atoms with Gasteiger partial charge in [0.1, 0.15) is 0 Å². The van der Waals surface area contributed by atoms with Crippen molar-refractivity contribution in [2.75, 3.05) is 32.2 Å². The molecule has 1 heterocycles. The first kappa shape index (κ1) is 13.3. The van der Waals surface area contributed by atoms with Gasteiger partial charge in [-0.1, -0.05) is 0 Å². The molecule has 1 saturated carbocycles. The average molecular weight is 249 g/mol. The summed E-state index contributed by atoms with van der Waals surface area (Å²) in [5.74, 6) is 0. The molecule has 4 heteroatoms. The van der Waals surface area contributed by atoms with Crippen LogP contribution in [0.1, 0.15) is 24.1 Å². The number of ether oxygens (including phenoxy) is 1. The Kier molecular flexibility index (Phi) is 4.55. The number of aryl methyl sites for hydroxylation is 1. The van der Waals surface area contributed by atoms with E-state index in [0.717, 1.165) is 25.4 Å². The molecule has 18 heavy (non-hydrogen) atoms. The molecule has 0 saturated heterocycles. The largest absolute Gasteiger partial charge is 0.383 e. The summed E-state index contributed by atoms with van der Waals surface area (Å²) in [6.07, 6.45) is 4.58. The minimum atomic E-state index is 0.692. The van der Waals surface area contributed by atoms with E-state index in [1.54, 1.807) is 7.11 Å². The summed E-state index contributed by atoms with van der Waals surface area (Å²) in [4.78, 5) is 6.88. The number of rotatable bonds is 7. The van der Waals surface area contributed by atoms with Crippen LogP contribution in [0.25, 0.3) is 0 Å². The van der Waals surface area contributed by atoms with Gasteiger partial charge in [-0.15, -0.1) is 0 Å². The van der Waals surface area contributed by atoms with Crippen molar-refractivity contribution in [2.45, 2.75) is 32.4 Å². The summed E-state index contributed by atoms with van der Waals surface area (Å²) in [6.45, 7) is 4.64. The molecule has 0 unspecified atom stereocenters. The van der Waals surface area contributed by atoms with Gasteiger partial charge >= 0.3 is 0 Å². The van der Waals surface area contributed by atoms with Crippen LogP contribution in [0.2, 0.25) is 0 Å². The van der Waals surface area contributed by atoms with E-state index in [4.69, 9.17) is 4.74 Å². The molecule has 1 aliphatic rings. The van der Waals surface area contributed by atoms with E-state index in [1.807, 2.05) is 20.2 Å². The van der Waals surface area contributed by atoms with E-state index >= 15 is 0 Å². The third-order valence-electron chi connectivity index (χ3n) is 3.30. The summed E-state index contributed by atoms with van der Waals surface area (Å²) in [6, 6.07) is 2.89. The first-order valence-electron chi connectivity index (χ1n) is 6.62. The molecule has 1 fully saturated rings. The predicted molar refractivity (Wildman–Crippen MR) is 74.0 cm³/mol. The molecular formula is C14H23N3O. The fraction of sp³-hybridized carbons (Fsp3) is 0.643. The summed E-state index contributed by atoms with van der Waals surface area (Å²) in [5, 5.41) is 3.22. The van der Waals surface area contributed by atoms with Crippen LogP contribution in [0.3, 0.4) is 0 Å². The zero-order valence-corrected chi connectivity index (χ0v) is 11.6. The molecule has 1 aromatic heterocycles. The van der Waals surface area contributed by atoms with Crippen molar-refractivity contribution in [3.63, 3.8) is 0 Å². The molecule has 0 atom stereocenters. The number of anilines is 1. The Morgan fingerprint density at radius 3 is 2.89 bits per heavy atom. The summed E-state index contributed by atoms with van der Waals surface area (Å²) in [5.41, 5.74) is 3.66. The predicted octanol–water partition coefficient (Wildman–Crippen LogP) is 1.72. The minimum absolute atomic E-state index is 0.692. The van der Waals surface area contributed by atoms with Gasteiger partial charge in [-0.2, -0.15) is 0 Å². The van der Waals surface area contributed by atoms with E-state index in [0.29, 0.717) is 6.04 Å². The standard InChI is InChI=1S/C14H23N3O/c1-11-8-14(12(9-15-2)10-16-11)17(6-7-18-3)13-4-5-13/h8,10,13,15H,4-7,9H2,1-3H3. The SMILES string of the molecule is CNCc1cnc(C)cc1N(CCOC)C1CC1.